The van der Waals surface area contributed by atoms with Gasteiger partial charge in [0.25, 0.3) is 5.91 Å². The number of nitrogens with one attached hydrogen (secondary N) is 1. The van der Waals surface area contributed by atoms with Gasteiger partial charge in [0.05, 0.1) is 12.8 Å². The first kappa shape index (κ1) is 16.7. The quantitative estimate of drug-likeness (QED) is 0.833. The van der Waals surface area contributed by atoms with E-state index < -0.39 is 11.6 Å². The third kappa shape index (κ3) is 3.12. The Morgan fingerprint density at radius 1 is 1.28 bits per heavy atom. The van der Waals surface area contributed by atoms with E-state index in [9.17, 15) is 14.4 Å². The highest BCUT2D eigenvalue weighted by Crippen LogP contribution is 2.22. The van der Waals surface area contributed by atoms with Crippen LogP contribution in [0, 0.1) is 0 Å². The number of anilines is 1. The van der Waals surface area contributed by atoms with Crippen molar-refractivity contribution in [3.8, 4) is 5.75 Å². The van der Waals surface area contributed by atoms with Crippen LogP contribution in [0.3, 0.4) is 0 Å². The maximum atomic E-state index is 12.4. The smallest absolute Gasteiger partial charge is 0.346 e. The molecule has 132 valence electrons. The van der Waals surface area contributed by atoms with Gasteiger partial charge in [-0.25, -0.2) is 9.48 Å². The lowest BCUT2D eigenvalue weighted by molar-refractivity contribution is -0.117. The highest BCUT2D eigenvalue weighted by atomic mass is 16.5. The molecule has 0 atom stereocenters. The molecule has 1 aromatic heterocycles. The van der Waals surface area contributed by atoms with Crippen LogP contribution in [-0.2, 0) is 17.9 Å². The molecule has 2 amide bonds. The van der Waals surface area contributed by atoms with Crippen LogP contribution in [0.5, 0.6) is 5.75 Å². The van der Waals surface area contributed by atoms with E-state index in [0.29, 0.717) is 31.1 Å². The van der Waals surface area contributed by atoms with E-state index in [-0.39, 0.29) is 18.3 Å². The van der Waals surface area contributed by atoms with E-state index >= 15 is 0 Å². The van der Waals surface area contributed by atoms with E-state index in [4.69, 9.17) is 4.74 Å². The Balaban J connectivity index is 1.79. The Kier molecular flexibility index (Phi) is 4.55. The number of likely N-dealkylation sites (N-methyl/N-ethyl adjacent to an activating group) is 1. The second-order valence-corrected chi connectivity index (χ2v) is 5.55. The minimum Gasteiger partial charge on any atom is -0.495 e. The van der Waals surface area contributed by atoms with Crippen LogP contribution in [0.4, 0.5) is 5.69 Å². The molecular formula is C16H19N5O4. The average molecular weight is 345 g/mol. The zero-order chi connectivity index (χ0) is 18.0. The Morgan fingerprint density at radius 3 is 2.76 bits per heavy atom. The summed E-state index contributed by atoms with van der Waals surface area (Å²) < 4.78 is 7.49. The number of amides is 2. The molecule has 25 heavy (non-hydrogen) atoms. The highest BCUT2D eigenvalue weighted by Gasteiger charge is 2.29. The molecule has 0 radical (unpaired) electrons. The van der Waals surface area contributed by atoms with E-state index in [1.165, 1.54) is 11.7 Å². The third-order valence-corrected chi connectivity index (χ3v) is 4.05. The lowest BCUT2D eigenvalue weighted by Gasteiger charge is -2.24. The number of methoxy groups -OCH3 is 1. The van der Waals surface area contributed by atoms with E-state index in [2.05, 4.69) is 10.4 Å². The number of fused-ring (bicyclic) bond motifs is 1. The predicted molar refractivity (Wildman–Crippen MR) is 89.7 cm³/mol. The van der Waals surface area contributed by atoms with Gasteiger partial charge in [-0.3, -0.25) is 14.2 Å². The van der Waals surface area contributed by atoms with Crippen LogP contribution in [0.1, 0.15) is 17.5 Å². The molecule has 1 aliphatic heterocycles. The topological polar surface area (TPSA) is 98.5 Å². The van der Waals surface area contributed by atoms with Gasteiger partial charge in [-0.05, 0) is 19.1 Å². The molecular weight excluding hydrogens is 326 g/mol. The molecule has 1 aromatic carbocycles. The molecule has 9 nitrogen and oxygen atoms in total. The molecule has 1 aliphatic rings. The second-order valence-electron chi connectivity index (χ2n) is 5.55. The fourth-order valence-corrected chi connectivity index (χ4v) is 2.74. The van der Waals surface area contributed by atoms with Gasteiger partial charge in [0.2, 0.25) is 11.7 Å². The van der Waals surface area contributed by atoms with Crippen molar-refractivity contribution in [1.29, 1.82) is 0 Å². The standard InChI is InChI=1S/C16H19N5O4/c1-3-19-8-9-20-14(15(19)23)18-21(16(20)24)10-13(22)17-11-6-4-5-7-12(11)25-2/h4-7H,3,8-10H2,1-2H3,(H,17,22). The molecule has 0 saturated heterocycles. The van der Waals surface area contributed by atoms with Gasteiger partial charge < -0.3 is 15.0 Å². The van der Waals surface area contributed by atoms with Crippen LogP contribution in [-0.4, -0.2) is 51.3 Å². The van der Waals surface area contributed by atoms with Crippen LogP contribution in [0.15, 0.2) is 29.1 Å². The summed E-state index contributed by atoms with van der Waals surface area (Å²) in [4.78, 5) is 38.5. The number of hydrogen-bond acceptors (Lipinski definition) is 5. The number of carbonyl (C=O) groups is 2. The second kappa shape index (κ2) is 6.80. The van der Waals surface area contributed by atoms with E-state index in [1.807, 2.05) is 6.92 Å². The van der Waals surface area contributed by atoms with Crippen molar-refractivity contribution in [2.45, 2.75) is 20.0 Å². The number of para-hydroxylation sites is 2. The fraction of sp³-hybridized carbons (Fsp3) is 0.375. The summed E-state index contributed by atoms with van der Waals surface area (Å²) in [6.45, 7) is 2.97. The van der Waals surface area contributed by atoms with E-state index in [0.717, 1.165) is 4.68 Å². The molecule has 0 bridgehead atoms. The fourth-order valence-electron chi connectivity index (χ4n) is 2.74. The number of benzene rings is 1. The summed E-state index contributed by atoms with van der Waals surface area (Å²) in [6.07, 6.45) is 0. The molecule has 3 rings (SSSR count). The van der Waals surface area contributed by atoms with E-state index in [1.54, 1.807) is 29.2 Å². The van der Waals surface area contributed by atoms with Crippen LogP contribution < -0.4 is 15.7 Å². The van der Waals surface area contributed by atoms with Crippen LogP contribution in [0.25, 0.3) is 0 Å². The summed E-state index contributed by atoms with van der Waals surface area (Å²) in [5, 5.41) is 6.72. The number of carbonyl (C=O) groups excluding carboxylic acids is 2. The monoisotopic (exact) mass is 345 g/mol. The number of rotatable bonds is 5. The number of nitrogens with zero attached hydrogens (tertiary/aromatic N) is 4. The Bertz CT molecular complexity index is 870. The van der Waals surface area contributed by atoms with Gasteiger partial charge in [0.1, 0.15) is 12.3 Å². The maximum absolute atomic E-state index is 12.4. The summed E-state index contributed by atoms with van der Waals surface area (Å²) in [5.74, 6) is -0.138. The van der Waals surface area contributed by atoms with Gasteiger partial charge in [-0.2, -0.15) is 0 Å². The Morgan fingerprint density at radius 2 is 2.04 bits per heavy atom. The number of aromatic nitrogens is 3. The third-order valence-electron chi connectivity index (χ3n) is 4.05. The first-order valence-corrected chi connectivity index (χ1v) is 7.95. The van der Waals surface area contributed by atoms with Crippen LogP contribution in [0.2, 0.25) is 0 Å². The van der Waals surface area contributed by atoms with Gasteiger partial charge in [0, 0.05) is 19.6 Å². The first-order valence-electron chi connectivity index (χ1n) is 7.95. The molecule has 2 aromatic rings. The van der Waals surface area contributed by atoms with Gasteiger partial charge >= 0.3 is 5.69 Å². The summed E-state index contributed by atoms with van der Waals surface area (Å²) in [5.41, 5.74) is 0.0366. The SMILES string of the molecule is CCN1CCn2c(nn(CC(=O)Nc3ccccc3OC)c2=O)C1=O. The lowest BCUT2D eigenvalue weighted by Crippen LogP contribution is -2.42. The first-order chi connectivity index (χ1) is 12.0. The van der Waals surface area contributed by atoms with Crippen molar-refractivity contribution in [3.63, 3.8) is 0 Å². The molecule has 0 saturated carbocycles. The molecule has 1 N–H and O–H groups in total. The van der Waals surface area contributed by atoms with Crippen molar-refractivity contribution in [3.05, 3.63) is 40.6 Å². The zero-order valence-electron chi connectivity index (χ0n) is 14.1. The summed E-state index contributed by atoms with van der Waals surface area (Å²) >= 11 is 0. The van der Waals surface area contributed by atoms with Gasteiger partial charge in [-0.15, -0.1) is 5.10 Å². The van der Waals surface area contributed by atoms with Crippen molar-refractivity contribution in [1.82, 2.24) is 19.2 Å². The lowest BCUT2D eigenvalue weighted by atomic mass is 10.3. The van der Waals surface area contributed by atoms with Crippen molar-refractivity contribution in [2.24, 2.45) is 0 Å². The molecule has 9 heteroatoms. The van der Waals surface area contributed by atoms with Gasteiger partial charge in [-0.1, -0.05) is 12.1 Å². The Labute approximate surface area is 143 Å². The van der Waals surface area contributed by atoms with Crippen molar-refractivity contribution in [2.75, 3.05) is 25.5 Å². The molecule has 0 fully saturated rings. The minimum absolute atomic E-state index is 0.0724. The minimum atomic E-state index is -0.464. The van der Waals surface area contributed by atoms with Crippen molar-refractivity contribution < 1.29 is 14.3 Å². The summed E-state index contributed by atoms with van der Waals surface area (Å²) in [7, 11) is 1.50. The predicted octanol–water partition coefficient (Wildman–Crippen LogP) is 0.168. The average Bonchev–Trinajstić information content (AvgIpc) is 2.93. The largest absolute Gasteiger partial charge is 0.495 e. The molecule has 2 heterocycles. The van der Waals surface area contributed by atoms with Gasteiger partial charge in [0.15, 0.2) is 0 Å². The zero-order valence-corrected chi connectivity index (χ0v) is 14.1. The summed E-state index contributed by atoms with van der Waals surface area (Å²) in [6, 6.07) is 6.96. The number of hydrogen-bond donors (Lipinski definition) is 1. The highest BCUT2D eigenvalue weighted by molar-refractivity contribution is 5.93. The maximum Gasteiger partial charge on any atom is 0.346 e. The number of ether oxygens (including phenoxy) is 1. The molecule has 0 aliphatic carbocycles. The molecule has 0 spiro atoms. The van der Waals surface area contributed by atoms with Crippen molar-refractivity contribution >= 4 is 17.5 Å². The normalized spacial score (nSPS) is 13.5. The Hall–Kier alpha value is -3.10. The molecule has 0 unspecified atom stereocenters. The van der Waals surface area contributed by atoms with Crippen LogP contribution >= 0.6 is 0 Å².